The molecule has 1 aromatic carbocycles. The molecule has 0 bridgehead atoms. The van der Waals surface area contributed by atoms with E-state index in [1.165, 1.54) is 12.1 Å². The number of carbonyl (C=O) groups is 1. The number of piperidine rings is 1. The molecule has 1 aromatic rings. The van der Waals surface area contributed by atoms with Crippen LogP contribution in [0, 0.1) is 18.7 Å². The third kappa shape index (κ3) is 3.27. The average Bonchev–Trinajstić information content (AvgIpc) is 2.38. The minimum Gasteiger partial charge on any atom is -0.339 e. The number of nitrogens with zero attached hydrogens (tertiary/aromatic N) is 1. The minimum atomic E-state index is -0.302. The van der Waals surface area contributed by atoms with Crippen molar-refractivity contribution in [2.75, 3.05) is 13.1 Å². The SMILES string of the molecule is Cc1cc(F)ccc1C(=O)N1CCC(C(C)Cl)CC1. The van der Waals surface area contributed by atoms with Crippen LogP contribution < -0.4 is 0 Å². The number of likely N-dealkylation sites (tertiary alicyclic amines) is 1. The van der Waals surface area contributed by atoms with Crippen LogP contribution in [-0.2, 0) is 0 Å². The van der Waals surface area contributed by atoms with Crippen molar-refractivity contribution in [3.05, 3.63) is 35.1 Å². The zero-order chi connectivity index (χ0) is 14.0. The number of amides is 1. The third-order valence-corrected chi connectivity index (χ3v) is 4.25. The molecule has 1 aliphatic heterocycles. The molecule has 4 heteroatoms. The van der Waals surface area contributed by atoms with E-state index in [1.807, 2.05) is 11.8 Å². The highest BCUT2D eigenvalue weighted by molar-refractivity contribution is 6.20. The van der Waals surface area contributed by atoms with Gasteiger partial charge in [-0.1, -0.05) is 0 Å². The van der Waals surface area contributed by atoms with Crippen molar-refractivity contribution >= 4 is 17.5 Å². The zero-order valence-electron chi connectivity index (χ0n) is 11.3. The normalized spacial score (nSPS) is 18.4. The molecule has 19 heavy (non-hydrogen) atoms. The van der Waals surface area contributed by atoms with Crippen LogP contribution in [-0.4, -0.2) is 29.3 Å². The van der Waals surface area contributed by atoms with Crippen LogP contribution in [0.2, 0.25) is 0 Å². The van der Waals surface area contributed by atoms with E-state index >= 15 is 0 Å². The van der Waals surface area contributed by atoms with E-state index in [4.69, 9.17) is 11.6 Å². The Bertz CT molecular complexity index is 467. The number of hydrogen-bond acceptors (Lipinski definition) is 1. The van der Waals surface area contributed by atoms with E-state index in [2.05, 4.69) is 0 Å². The Hall–Kier alpha value is -1.09. The Morgan fingerprint density at radius 3 is 2.58 bits per heavy atom. The molecule has 1 aliphatic rings. The maximum absolute atomic E-state index is 13.1. The van der Waals surface area contributed by atoms with Crippen LogP contribution in [0.25, 0.3) is 0 Å². The summed E-state index contributed by atoms with van der Waals surface area (Å²) in [6.45, 7) is 5.24. The summed E-state index contributed by atoms with van der Waals surface area (Å²) in [4.78, 5) is 14.2. The second-order valence-electron chi connectivity index (χ2n) is 5.27. The Balaban J connectivity index is 2.05. The van der Waals surface area contributed by atoms with Crippen molar-refractivity contribution in [3.8, 4) is 0 Å². The van der Waals surface area contributed by atoms with Crippen LogP contribution in [0.5, 0.6) is 0 Å². The first-order valence-corrected chi connectivity index (χ1v) is 7.12. The lowest BCUT2D eigenvalue weighted by Crippen LogP contribution is -2.40. The molecule has 0 spiro atoms. The first-order chi connectivity index (χ1) is 8.99. The Kier molecular flexibility index (Phi) is 4.46. The van der Waals surface area contributed by atoms with Gasteiger partial charge in [0.05, 0.1) is 0 Å². The summed E-state index contributed by atoms with van der Waals surface area (Å²) in [6, 6.07) is 4.32. The van der Waals surface area contributed by atoms with Crippen molar-refractivity contribution in [1.29, 1.82) is 0 Å². The van der Waals surface area contributed by atoms with E-state index in [9.17, 15) is 9.18 Å². The topological polar surface area (TPSA) is 20.3 Å². The number of halogens is 2. The van der Waals surface area contributed by atoms with Crippen LogP contribution in [0.1, 0.15) is 35.7 Å². The van der Waals surface area contributed by atoms with Gasteiger partial charge in [0.1, 0.15) is 5.82 Å². The van der Waals surface area contributed by atoms with Gasteiger partial charge in [-0.05, 0) is 56.4 Å². The molecule has 0 saturated carbocycles. The fourth-order valence-electron chi connectivity index (χ4n) is 2.60. The van der Waals surface area contributed by atoms with Gasteiger partial charge in [-0.25, -0.2) is 4.39 Å². The number of carbonyl (C=O) groups excluding carboxylic acids is 1. The largest absolute Gasteiger partial charge is 0.339 e. The number of hydrogen-bond donors (Lipinski definition) is 0. The predicted molar refractivity (Wildman–Crippen MR) is 75.1 cm³/mol. The van der Waals surface area contributed by atoms with Gasteiger partial charge >= 0.3 is 0 Å². The molecule has 0 aliphatic carbocycles. The summed E-state index contributed by atoms with van der Waals surface area (Å²) < 4.78 is 13.1. The first kappa shape index (κ1) is 14.3. The van der Waals surface area contributed by atoms with E-state index in [0.717, 1.165) is 25.9 Å². The molecule has 0 radical (unpaired) electrons. The molecule has 1 atom stereocenters. The number of aryl methyl sites for hydroxylation is 1. The smallest absolute Gasteiger partial charge is 0.254 e. The van der Waals surface area contributed by atoms with Gasteiger partial charge in [-0.2, -0.15) is 0 Å². The van der Waals surface area contributed by atoms with Gasteiger partial charge in [0.25, 0.3) is 5.91 Å². The van der Waals surface area contributed by atoms with Gasteiger partial charge < -0.3 is 4.90 Å². The first-order valence-electron chi connectivity index (χ1n) is 6.68. The second kappa shape index (κ2) is 5.91. The van der Waals surface area contributed by atoms with Gasteiger partial charge in [0.15, 0.2) is 0 Å². The molecule has 2 rings (SSSR count). The molecular weight excluding hydrogens is 265 g/mol. The number of alkyl halides is 1. The van der Waals surface area contributed by atoms with Crippen molar-refractivity contribution in [2.45, 2.75) is 32.1 Å². The van der Waals surface area contributed by atoms with E-state index < -0.39 is 0 Å². The summed E-state index contributed by atoms with van der Waals surface area (Å²) in [6.07, 6.45) is 1.88. The van der Waals surface area contributed by atoms with Gasteiger partial charge in [-0.3, -0.25) is 4.79 Å². The van der Waals surface area contributed by atoms with E-state index in [0.29, 0.717) is 17.0 Å². The lowest BCUT2D eigenvalue weighted by molar-refractivity contribution is 0.0689. The molecule has 0 N–H and O–H groups in total. The number of benzene rings is 1. The highest BCUT2D eigenvalue weighted by Gasteiger charge is 2.26. The van der Waals surface area contributed by atoms with Crippen molar-refractivity contribution < 1.29 is 9.18 Å². The molecule has 1 saturated heterocycles. The number of rotatable bonds is 2. The lowest BCUT2D eigenvalue weighted by atomic mass is 9.93. The molecule has 1 amide bonds. The average molecular weight is 284 g/mol. The van der Waals surface area contributed by atoms with Crippen molar-refractivity contribution in [3.63, 3.8) is 0 Å². The Morgan fingerprint density at radius 2 is 2.05 bits per heavy atom. The molecule has 104 valence electrons. The molecule has 1 unspecified atom stereocenters. The highest BCUT2D eigenvalue weighted by atomic mass is 35.5. The van der Waals surface area contributed by atoms with Crippen LogP contribution >= 0.6 is 11.6 Å². The van der Waals surface area contributed by atoms with Crippen molar-refractivity contribution in [1.82, 2.24) is 4.90 Å². The van der Waals surface area contributed by atoms with E-state index in [1.54, 1.807) is 13.0 Å². The predicted octanol–water partition coefficient (Wildman–Crippen LogP) is 3.61. The fraction of sp³-hybridized carbons (Fsp3) is 0.533. The van der Waals surface area contributed by atoms with Crippen molar-refractivity contribution in [2.24, 2.45) is 5.92 Å². The highest BCUT2D eigenvalue weighted by Crippen LogP contribution is 2.25. The standard InChI is InChI=1S/C15H19ClFNO/c1-10-9-13(17)3-4-14(10)15(19)18-7-5-12(6-8-18)11(2)16/h3-4,9,11-12H,5-8H2,1-2H3. The van der Waals surface area contributed by atoms with Crippen LogP contribution in [0.15, 0.2) is 18.2 Å². The summed E-state index contributed by atoms with van der Waals surface area (Å²) in [5.74, 6) is 0.182. The van der Waals surface area contributed by atoms with Gasteiger partial charge in [-0.15, -0.1) is 11.6 Å². The molecule has 1 fully saturated rings. The monoisotopic (exact) mass is 283 g/mol. The zero-order valence-corrected chi connectivity index (χ0v) is 12.1. The van der Waals surface area contributed by atoms with Crippen LogP contribution in [0.3, 0.4) is 0 Å². The molecule has 1 heterocycles. The Morgan fingerprint density at radius 1 is 1.42 bits per heavy atom. The Labute approximate surface area is 118 Å². The summed E-state index contributed by atoms with van der Waals surface area (Å²) in [5, 5.41) is 0.157. The summed E-state index contributed by atoms with van der Waals surface area (Å²) >= 11 is 6.10. The quantitative estimate of drug-likeness (QED) is 0.759. The van der Waals surface area contributed by atoms with E-state index in [-0.39, 0.29) is 17.1 Å². The molecular formula is C15H19ClFNO. The van der Waals surface area contributed by atoms with Gasteiger partial charge in [0, 0.05) is 24.0 Å². The second-order valence-corrected chi connectivity index (χ2v) is 5.95. The fourth-order valence-corrected chi connectivity index (χ4v) is 2.85. The molecule has 0 aromatic heterocycles. The third-order valence-electron chi connectivity index (χ3n) is 3.90. The summed E-state index contributed by atoms with van der Waals surface area (Å²) in [5.41, 5.74) is 1.29. The molecule has 2 nitrogen and oxygen atoms in total. The maximum atomic E-state index is 13.1. The van der Waals surface area contributed by atoms with Gasteiger partial charge in [0.2, 0.25) is 0 Å². The minimum absolute atomic E-state index is 0.00169. The van der Waals surface area contributed by atoms with Crippen LogP contribution in [0.4, 0.5) is 4.39 Å². The maximum Gasteiger partial charge on any atom is 0.254 e. The summed E-state index contributed by atoms with van der Waals surface area (Å²) in [7, 11) is 0. The lowest BCUT2D eigenvalue weighted by Gasteiger charge is -2.33.